The Morgan fingerprint density at radius 1 is 1.17 bits per heavy atom. The zero-order valence-corrected chi connectivity index (χ0v) is 25.8. The first-order valence-corrected chi connectivity index (χ1v) is 15.5. The maximum atomic E-state index is 12.7. The van der Waals surface area contributed by atoms with E-state index < -0.39 is 29.8 Å². The van der Waals surface area contributed by atoms with Crippen molar-refractivity contribution in [3.63, 3.8) is 0 Å². The zero-order valence-electron chi connectivity index (χ0n) is 25.0. The number of carbonyl (C=O) groups excluding carboxylic acids is 4. The van der Waals surface area contributed by atoms with E-state index in [0.717, 1.165) is 17.7 Å². The molecule has 1 unspecified atom stereocenters. The fourth-order valence-electron chi connectivity index (χ4n) is 5.85. The molecule has 3 aliphatic rings. The molecular formula is C31H42N2O8S. The first-order chi connectivity index (χ1) is 20.0. The van der Waals surface area contributed by atoms with Crippen LogP contribution in [0.25, 0.3) is 0 Å². The van der Waals surface area contributed by atoms with Crippen molar-refractivity contribution < 1.29 is 38.1 Å². The van der Waals surface area contributed by atoms with Crippen LogP contribution >= 0.6 is 11.8 Å². The van der Waals surface area contributed by atoms with Crippen molar-refractivity contribution in [3.8, 4) is 0 Å². The number of allylic oxidation sites excluding steroid dienone is 1. The van der Waals surface area contributed by atoms with Crippen LogP contribution in [-0.2, 0) is 33.3 Å². The number of hydrogen-bond acceptors (Lipinski definition) is 9. The third-order valence-electron chi connectivity index (χ3n) is 8.25. The van der Waals surface area contributed by atoms with Crippen LogP contribution in [0, 0.1) is 5.92 Å². The van der Waals surface area contributed by atoms with Crippen molar-refractivity contribution in [2.75, 3.05) is 24.8 Å². The second-order valence-corrected chi connectivity index (χ2v) is 12.7. The lowest BCUT2D eigenvalue weighted by Gasteiger charge is -2.42. The van der Waals surface area contributed by atoms with Crippen molar-refractivity contribution in [2.24, 2.45) is 5.92 Å². The van der Waals surface area contributed by atoms with E-state index in [1.807, 2.05) is 0 Å². The summed E-state index contributed by atoms with van der Waals surface area (Å²) in [5.41, 5.74) is 1.02. The molecule has 10 nitrogen and oxygen atoms in total. The number of ketones is 1. The van der Waals surface area contributed by atoms with Crippen LogP contribution in [0.15, 0.2) is 40.8 Å². The van der Waals surface area contributed by atoms with Gasteiger partial charge in [-0.2, -0.15) is 0 Å². The van der Waals surface area contributed by atoms with Gasteiger partial charge in [-0.25, -0.2) is 4.79 Å². The Morgan fingerprint density at radius 2 is 1.93 bits per heavy atom. The summed E-state index contributed by atoms with van der Waals surface area (Å²) >= 11 is 1.22. The fraction of sp³-hybridized carbons (Fsp3) is 0.613. The van der Waals surface area contributed by atoms with Gasteiger partial charge in [0.05, 0.1) is 24.4 Å². The molecule has 2 saturated heterocycles. The number of imide groups is 1. The van der Waals surface area contributed by atoms with Crippen LogP contribution < -0.4 is 10.6 Å². The molecule has 6 atom stereocenters. The lowest BCUT2D eigenvalue weighted by atomic mass is 9.68. The summed E-state index contributed by atoms with van der Waals surface area (Å²) in [6, 6.07) is 7.04. The van der Waals surface area contributed by atoms with Crippen LogP contribution in [0.3, 0.4) is 0 Å². The molecule has 3 fully saturated rings. The van der Waals surface area contributed by atoms with Crippen molar-refractivity contribution in [3.05, 3.63) is 35.9 Å². The highest BCUT2D eigenvalue weighted by Crippen LogP contribution is 2.59. The van der Waals surface area contributed by atoms with Crippen LogP contribution in [-0.4, -0.2) is 72.7 Å². The number of ether oxygens (including phenoxy) is 4. The van der Waals surface area contributed by atoms with Gasteiger partial charge in [0.1, 0.15) is 29.2 Å². The van der Waals surface area contributed by atoms with Gasteiger partial charge in [0.2, 0.25) is 11.8 Å². The average Bonchev–Trinajstić information content (AvgIpc) is 3.87. The third-order valence-corrected chi connectivity index (χ3v) is 9.24. The molecule has 4 rings (SSSR count). The highest BCUT2D eigenvalue weighted by molar-refractivity contribution is 8.00. The van der Waals surface area contributed by atoms with Crippen molar-refractivity contribution in [1.82, 2.24) is 5.32 Å². The minimum Gasteiger partial charge on any atom is -0.443 e. The number of rotatable bonds is 13. The van der Waals surface area contributed by atoms with Crippen molar-refractivity contribution in [1.29, 1.82) is 0 Å². The summed E-state index contributed by atoms with van der Waals surface area (Å²) in [6.45, 7) is 8.59. The Kier molecular flexibility index (Phi) is 10.5. The van der Waals surface area contributed by atoms with E-state index >= 15 is 0 Å². The highest BCUT2D eigenvalue weighted by atomic mass is 32.2. The molecule has 1 aromatic carbocycles. The molecule has 3 amide bonds. The summed E-state index contributed by atoms with van der Waals surface area (Å²) in [6.07, 6.45) is 3.22. The maximum absolute atomic E-state index is 12.7. The molecular weight excluding hydrogens is 560 g/mol. The van der Waals surface area contributed by atoms with E-state index in [0.29, 0.717) is 25.1 Å². The molecule has 2 heterocycles. The lowest BCUT2D eigenvalue weighted by Crippen LogP contribution is -2.56. The molecule has 1 aliphatic carbocycles. The van der Waals surface area contributed by atoms with Gasteiger partial charge in [0, 0.05) is 37.0 Å². The number of carbonyl (C=O) groups is 4. The molecule has 230 valence electrons. The normalized spacial score (nSPS) is 29.4. The Morgan fingerprint density at radius 3 is 2.60 bits per heavy atom. The van der Waals surface area contributed by atoms with E-state index in [9.17, 15) is 19.2 Å². The number of epoxide rings is 2. The van der Waals surface area contributed by atoms with E-state index in [1.165, 1.54) is 17.3 Å². The minimum absolute atomic E-state index is 0.0204. The summed E-state index contributed by atoms with van der Waals surface area (Å²) in [7, 11) is 1.60. The summed E-state index contributed by atoms with van der Waals surface area (Å²) in [5, 5.41) is 5.09. The first-order valence-electron chi connectivity index (χ1n) is 14.5. The first kappa shape index (κ1) is 32.2. The number of Topliss-reactive ketones (excluding diaryl/α,β-unsaturated/α-hetero) is 1. The van der Waals surface area contributed by atoms with E-state index in [4.69, 9.17) is 18.9 Å². The van der Waals surface area contributed by atoms with Gasteiger partial charge in [0.15, 0.2) is 0 Å². The van der Waals surface area contributed by atoms with Crippen LogP contribution in [0.5, 0.6) is 0 Å². The molecule has 0 bridgehead atoms. The number of benzene rings is 1. The topological polar surface area (TPSA) is 136 Å². The standard InChI is InChI=1S/C31H42N2O8S/c1-6-21(34)11-13-25(35)32-20-8-7-9-22(16-20)42-17-26(36)33-29(37)40-23-14-15-31(18-39-31)28(27(23)38-5)30(4)24(41-30)12-10-19(2)3/h7-10,16,23-24,27-28H,6,11-15,17-18H2,1-5H3,(H,32,35)(H,33,36,37)/t23-,24-,27-,28-,30?,31+/m1/s1. The molecule has 11 heteroatoms. The number of methoxy groups -OCH3 is 1. The summed E-state index contributed by atoms with van der Waals surface area (Å²) < 4.78 is 23.8. The Balaban J connectivity index is 1.27. The number of nitrogens with one attached hydrogen (secondary N) is 2. The number of anilines is 1. The minimum atomic E-state index is -0.815. The van der Waals surface area contributed by atoms with Gasteiger partial charge in [-0.1, -0.05) is 24.6 Å². The number of thioether (sulfide) groups is 1. The van der Waals surface area contributed by atoms with Crippen molar-refractivity contribution >= 4 is 41.1 Å². The largest absolute Gasteiger partial charge is 0.443 e. The molecule has 42 heavy (non-hydrogen) atoms. The smallest absolute Gasteiger partial charge is 0.414 e. The third kappa shape index (κ3) is 8.00. The van der Waals surface area contributed by atoms with Crippen LogP contribution in [0.1, 0.15) is 66.2 Å². The fourth-order valence-corrected chi connectivity index (χ4v) is 6.61. The second-order valence-electron chi connectivity index (χ2n) is 11.6. The van der Waals surface area contributed by atoms with Crippen molar-refractivity contribution in [2.45, 2.75) is 101 Å². The van der Waals surface area contributed by atoms with Gasteiger partial charge in [0.25, 0.3) is 0 Å². The second kappa shape index (κ2) is 13.7. The Bertz CT molecular complexity index is 1210. The van der Waals surface area contributed by atoms with Crippen LogP contribution in [0.2, 0.25) is 0 Å². The SMILES string of the molecule is CCC(=O)CCC(=O)Nc1cccc(SCC(=O)NC(=O)O[C@@H]2CC[C@]3(CO3)[C@@H](C3(C)O[C@@H]3CC=C(C)C)[C@@H]2OC)c1. The van der Waals surface area contributed by atoms with Gasteiger partial charge in [-0.15, -0.1) is 11.8 Å². The molecule has 2 aliphatic heterocycles. The molecule has 1 saturated carbocycles. The summed E-state index contributed by atoms with van der Waals surface area (Å²) in [5.74, 6) is -0.837. The molecule has 2 N–H and O–H groups in total. The van der Waals surface area contributed by atoms with E-state index in [2.05, 4.69) is 37.5 Å². The summed E-state index contributed by atoms with van der Waals surface area (Å²) in [4.78, 5) is 49.6. The quantitative estimate of drug-likeness (QED) is 0.185. The van der Waals surface area contributed by atoms with Gasteiger partial charge in [-0.3, -0.25) is 19.7 Å². The molecule has 1 aromatic rings. The molecule has 1 spiro atoms. The number of alkyl carbamates (subject to hydrolysis) is 1. The number of hydrogen-bond donors (Lipinski definition) is 2. The average molecular weight is 603 g/mol. The Hall–Kier alpha value is -2.73. The lowest BCUT2D eigenvalue weighted by molar-refractivity contribution is -0.124. The number of amides is 3. The van der Waals surface area contributed by atoms with E-state index in [1.54, 1.807) is 38.3 Å². The van der Waals surface area contributed by atoms with Gasteiger partial charge < -0.3 is 24.3 Å². The van der Waals surface area contributed by atoms with Gasteiger partial charge in [-0.05, 0) is 58.2 Å². The Labute approximate surface area is 251 Å². The highest BCUT2D eigenvalue weighted by Gasteiger charge is 2.72. The molecule has 0 radical (unpaired) electrons. The molecule has 0 aromatic heterocycles. The maximum Gasteiger partial charge on any atom is 0.414 e. The van der Waals surface area contributed by atoms with Gasteiger partial charge >= 0.3 is 6.09 Å². The van der Waals surface area contributed by atoms with Crippen LogP contribution in [0.4, 0.5) is 10.5 Å². The zero-order chi connectivity index (χ0) is 30.5. The monoisotopic (exact) mass is 602 g/mol. The van der Waals surface area contributed by atoms with E-state index in [-0.39, 0.29) is 47.9 Å². The predicted octanol–water partition coefficient (Wildman–Crippen LogP) is 4.81. The predicted molar refractivity (Wildman–Crippen MR) is 158 cm³/mol.